The molecule has 1 aliphatic heterocycles. The van der Waals surface area contributed by atoms with Gasteiger partial charge >= 0.3 is 17.4 Å². The zero-order chi connectivity index (χ0) is 19.8. The molecule has 0 saturated carbocycles. The number of rotatable bonds is 3. The van der Waals surface area contributed by atoms with Crippen LogP contribution in [0.1, 0.15) is 24.0 Å². The maximum atomic E-state index is 15.4. The Balaban J connectivity index is 1.90. The molecule has 0 unspecified atom stereocenters. The van der Waals surface area contributed by atoms with Crippen LogP contribution in [0.5, 0.6) is 0 Å². The third-order valence-electron chi connectivity index (χ3n) is 4.71. The lowest BCUT2D eigenvalue weighted by Gasteiger charge is -2.38. The average molecular weight is 385 g/mol. The summed E-state index contributed by atoms with van der Waals surface area (Å²) in [6.45, 7) is -0.125. The lowest BCUT2D eigenvalue weighted by atomic mass is 9.83. The van der Waals surface area contributed by atoms with Gasteiger partial charge in [0, 0.05) is 37.7 Å². The Kier molecular flexibility index (Phi) is 4.66. The highest BCUT2D eigenvalue weighted by Crippen LogP contribution is 2.44. The molecule has 1 aliphatic rings. The van der Waals surface area contributed by atoms with Crippen molar-refractivity contribution in [1.29, 1.82) is 0 Å². The first-order chi connectivity index (χ1) is 12.6. The summed E-state index contributed by atoms with van der Waals surface area (Å²) in [6, 6.07) is 5.83. The number of aromatic amines is 1. The number of nitrogens with zero attached hydrogens (tertiary/aromatic N) is 2. The highest BCUT2D eigenvalue weighted by Gasteiger charge is 2.44. The molecule has 1 saturated heterocycles. The molecule has 0 atom stereocenters. The van der Waals surface area contributed by atoms with E-state index in [1.807, 2.05) is 0 Å². The molecule has 1 fully saturated rings. The third-order valence-corrected chi connectivity index (χ3v) is 4.71. The zero-order valence-electron chi connectivity index (χ0n) is 13.9. The Morgan fingerprint density at radius 3 is 2.37 bits per heavy atom. The number of aromatic nitrogens is 1. The Hall–Kier alpha value is -2.91. The predicted octanol–water partition coefficient (Wildman–Crippen LogP) is 3.77. The van der Waals surface area contributed by atoms with Gasteiger partial charge in [-0.25, -0.2) is 4.39 Å². The normalized spacial score (nSPS) is 17.0. The molecule has 1 N–H and O–H groups in total. The van der Waals surface area contributed by atoms with Gasteiger partial charge in [-0.05, 0) is 12.1 Å². The molecule has 0 spiro atoms. The first-order valence-corrected chi connectivity index (χ1v) is 8.10. The van der Waals surface area contributed by atoms with E-state index in [4.69, 9.17) is 0 Å². The lowest BCUT2D eigenvalue weighted by Crippen LogP contribution is -2.41. The van der Waals surface area contributed by atoms with Crippen LogP contribution < -0.4 is 10.5 Å². The predicted molar refractivity (Wildman–Crippen MR) is 89.4 cm³/mol. The van der Waals surface area contributed by atoms with Crippen LogP contribution in [0, 0.1) is 10.1 Å². The number of piperidine rings is 1. The minimum atomic E-state index is -4.68. The summed E-state index contributed by atoms with van der Waals surface area (Å²) < 4.78 is 55.0. The molecule has 6 nitrogen and oxygen atoms in total. The average Bonchev–Trinajstić information content (AvgIpc) is 2.61. The highest BCUT2D eigenvalue weighted by atomic mass is 19.4. The maximum Gasteiger partial charge on any atom is 0.416 e. The largest absolute Gasteiger partial charge is 0.416 e. The van der Waals surface area contributed by atoms with Crippen LogP contribution in [0.2, 0.25) is 0 Å². The number of hydrogen-bond donors (Lipinski definition) is 1. The van der Waals surface area contributed by atoms with Gasteiger partial charge in [0.2, 0.25) is 0 Å². The van der Waals surface area contributed by atoms with E-state index >= 15 is 4.39 Å². The zero-order valence-corrected chi connectivity index (χ0v) is 13.9. The van der Waals surface area contributed by atoms with E-state index < -0.39 is 39.1 Å². The fourth-order valence-electron chi connectivity index (χ4n) is 3.38. The van der Waals surface area contributed by atoms with Crippen LogP contribution in [0.15, 0.2) is 41.3 Å². The number of nitrogens with one attached hydrogen (secondary N) is 1. The van der Waals surface area contributed by atoms with Crippen molar-refractivity contribution in [1.82, 2.24) is 4.98 Å². The number of H-pyrrole nitrogens is 1. The number of anilines is 1. The molecule has 144 valence electrons. The number of nitro groups is 1. The summed E-state index contributed by atoms with van der Waals surface area (Å²) in [5.41, 5.74) is -5.20. The third kappa shape index (κ3) is 3.51. The van der Waals surface area contributed by atoms with Gasteiger partial charge in [-0.3, -0.25) is 14.9 Å². The summed E-state index contributed by atoms with van der Waals surface area (Å²) in [5, 5.41) is 11.1. The van der Waals surface area contributed by atoms with Crippen LogP contribution in [0.25, 0.3) is 0 Å². The summed E-state index contributed by atoms with van der Waals surface area (Å²) in [6.07, 6.45) is -4.02. The van der Waals surface area contributed by atoms with E-state index in [0.717, 1.165) is 12.1 Å². The van der Waals surface area contributed by atoms with Crippen molar-refractivity contribution in [3.8, 4) is 0 Å². The van der Waals surface area contributed by atoms with E-state index in [0.29, 0.717) is 0 Å². The van der Waals surface area contributed by atoms with E-state index in [9.17, 15) is 28.1 Å². The van der Waals surface area contributed by atoms with E-state index in [1.165, 1.54) is 29.3 Å². The second kappa shape index (κ2) is 6.67. The second-order valence-electron chi connectivity index (χ2n) is 6.29. The van der Waals surface area contributed by atoms with Crippen molar-refractivity contribution in [2.45, 2.75) is 24.7 Å². The SMILES string of the molecule is O=c1[nH]ccc(N2CCC(F)(c3ccccc3C(F)(F)F)CC2)c1[N+](=O)[O-]. The monoisotopic (exact) mass is 385 g/mol. The first kappa shape index (κ1) is 18.9. The van der Waals surface area contributed by atoms with Gasteiger partial charge < -0.3 is 9.88 Å². The lowest BCUT2D eigenvalue weighted by molar-refractivity contribution is -0.385. The van der Waals surface area contributed by atoms with Gasteiger partial charge in [0.25, 0.3) is 0 Å². The molecular formula is C17H15F4N3O3. The fraction of sp³-hybridized carbons (Fsp3) is 0.353. The molecule has 1 aromatic carbocycles. The molecule has 0 aliphatic carbocycles. The van der Waals surface area contributed by atoms with Crippen molar-refractivity contribution in [3.63, 3.8) is 0 Å². The van der Waals surface area contributed by atoms with E-state index in [-0.39, 0.29) is 31.6 Å². The molecule has 27 heavy (non-hydrogen) atoms. The van der Waals surface area contributed by atoms with Crippen molar-refractivity contribution >= 4 is 11.4 Å². The van der Waals surface area contributed by atoms with Gasteiger partial charge in [0.05, 0.1) is 10.5 Å². The van der Waals surface area contributed by atoms with E-state index in [1.54, 1.807) is 0 Å². The van der Waals surface area contributed by atoms with Gasteiger partial charge in [0.15, 0.2) is 0 Å². The minimum absolute atomic E-state index is 0.0231. The Morgan fingerprint density at radius 2 is 1.78 bits per heavy atom. The van der Waals surface area contributed by atoms with Crippen LogP contribution in [0.3, 0.4) is 0 Å². The van der Waals surface area contributed by atoms with Crippen molar-refractivity contribution in [2.75, 3.05) is 18.0 Å². The molecule has 0 radical (unpaired) electrons. The highest BCUT2D eigenvalue weighted by molar-refractivity contribution is 5.62. The quantitative estimate of drug-likeness (QED) is 0.496. The number of alkyl halides is 4. The number of halogens is 4. The van der Waals surface area contributed by atoms with Crippen molar-refractivity contribution < 1.29 is 22.5 Å². The Labute approximate surface area is 150 Å². The summed E-state index contributed by atoms with van der Waals surface area (Å²) >= 11 is 0. The van der Waals surface area contributed by atoms with Crippen LogP contribution >= 0.6 is 0 Å². The molecular weight excluding hydrogens is 370 g/mol. The first-order valence-electron chi connectivity index (χ1n) is 8.10. The summed E-state index contributed by atoms with van der Waals surface area (Å²) in [4.78, 5) is 25.7. The van der Waals surface area contributed by atoms with Gasteiger partial charge in [0.1, 0.15) is 11.4 Å². The molecule has 2 aromatic rings. The van der Waals surface area contributed by atoms with Crippen LogP contribution in [-0.2, 0) is 11.8 Å². The molecule has 3 rings (SSSR count). The van der Waals surface area contributed by atoms with E-state index in [2.05, 4.69) is 4.98 Å². The van der Waals surface area contributed by atoms with Crippen molar-refractivity contribution in [2.24, 2.45) is 0 Å². The summed E-state index contributed by atoms with van der Waals surface area (Å²) in [5.74, 6) is 0. The minimum Gasteiger partial charge on any atom is -0.365 e. The fourth-order valence-corrected chi connectivity index (χ4v) is 3.38. The van der Waals surface area contributed by atoms with Crippen LogP contribution in [-0.4, -0.2) is 23.0 Å². The smallest absolute Gasteiger partial charge is 0.365 e. The van der Waals surface area contributed by atoms with Gasteiger partial charge in [-0.2, -0.15) is 13.2 Å². The van der Waals surface area contributed by atoms with Gasteiger partial charge in [-0.1, -0.05) is 18.2 Å². The Bertz CT molecular complexity index is 918. The molecule has 0 amide bonds. The number of hydrogen-bond acceptors (Lipinski definition) is 4. The molecule has 0 bridgehead atoms. The van der Waals surface area contributed by atoms with Gasteiger partial charge in [-0.15, -0.1) is 0 Å². The molecule has 1 aromatic heterocycles. The topological polar surface area (TPSA) is 79.2 Å². The van der Waals surface area contributed by atoms with Crippen LogP contribution in [0.4, 0.5) is 28.9 Å². The number of pyridine rings is 1. The van der Waals surface area contributed by atoms with Crippen molar-refractivity contribution in [3.05, 3.63) is 68.1 Å². The second-order valence-corrected chi connectivity index (χ2v) is 6.29. The molecule has 10 heteroatoms. The standard InChI is InChI=1S/C17H15F4N3O3/c18-16(11-3-1-2-4-12(11)17(19,20)21)6-9-23(10-7-16)13-5-8-22-15(25)14(13)24(26)27/h1-5,8H,6-7,9-10H2,(H,22,25). The molecule has 2 heterocycles. The summed E-state index contributed by atoms with van der Waals surface area (Å²) in [7, 11) is 0. The Morgan fingerprint density at radius 1 is 1.15 bits per heavy atom. The maximum absolute atomic E-state index is 15.4. The number of benzene rings is 1.